The number of nitrogens with one attached hydrogen (secondary N) is 3. The third-order valence-electron chi connectivity index (χ3n) is 5.46. The van der Waals surface area contributed by atoms with Crippen molar-refractivity contribution in [2.24, 2.45) is 0 Å². The van der Waals surface area contributed by atoms with E-state index in [0.29, 0.717) is 31.2 Å². The van der Waals surface area contributed by atoms with Crippen LogP contribution < -0.4 is 16.0 Å². The van der Waals surface area contributed by atoms with Crippen molar-refractivity contribution in [3.63, 3.8) is 0 Å². The van der Waals surface area contributed by atoms with E-state index in [2.05, 4.69) is 33.1 Å². The molecule has 2 aromatic rings. The zero-order valence-electron chi connectivity index (χ0n) is 16.4. The van der Waals surface area contributed by atoms with Crippen molar-refractivity contribution in [2.45, 2.75) is 51.1 Å². The van der Waals surface area contributed by atoms with Crippen molar-refractivity contribution in [3.05, 3.63) is 46.5 Å². The van der Waals surface area contributed by atoms with Gasteiger partial charge in [-0.1, -0.05) is 54.5 Å². The maximum atomic E-state index is 12.5. The number of nitrogens with zero attached hydrogens (tertiary/aromatic N) is 2. The number of fused-ring (bicyclic) bond motifs is 1. The molecule has 3 N–H and O–H groups in total. The van der Waals surface area contributed by atoms with Crippen molar-refractivity contribution in [1.82, 2.24) is 20.5 Å². The van der Waals surface area contributed by atoms with E-state index in [0.717, 1.165) is 29.8 Å². The summed E-state index contributed by atoms with van der Waals surface area (Å²) in [5, 5.41) is 9.48. The molecule has 154 valence electrons. The van der Waals surface area contributed by atoms with Crippen LogP contribution in [-0.4, -0.2) is 41.1 Å². The Hall–Kier alpha value is -2.61. The lowest BCUT2D eigenvalue weighted by atomic mass is 10.1. The molecule has 2 aliphatic rings. The number of benzene rings is 1. The molecule has 0 atom stereocenters. The summed E-state index contributed by atoms with van der Waals surface area (Å²) in [7, 11) is 0. The third kappa shape index (κ3) is 5.26. The molecular weight excluding hydrogens is 386 g/mol. The summed E-state index contributed by atoms with van der Waals surface area (Å²) >= 11 is 1.46. The topological polar surface area (TPSA) is 86.4 Å². The van der Waals surface area contributed by atoms with Gasteiger partial charge in [-0.3, -0.25) is 5.32 Å². The van der Waals surface area contributed by atoms with Crippen LogP contribution in [0.25, 0.3) is 0 Å². The number of carbonyl (C=O) groups excluding carboxylic acids is 2. The normalized spacial score (nSPS) is 16.3. The Labute approximate surface area is 174 Å². The SMILES string of the molecule is O=C(Nc1nc2c(s1)CN(C(=O)NCCc1ccccc1)CC2)NC1CCCC1. The molecule has 8 heteroatoms. The molecule has 2 heterocycles. The number of hydrogen-bond donors (Lipinski definition) is 3. The van der Waals surface area contributed by atoms with Gasteiger partial charge in [0.15, 0.2) is 5.13 Å². The van der Waals surface area contributed by atoms with E-state index in [1.165, 1.54) is 29.7 Å². The Bertz CT molecular complexity index is 848. The summed E-state index contributed by atoms with van der Waals surface area (Å²) < 4.78 is 0. The first kappa shape index (κ1) is 19.7. The van der Waals surface area contributed by atoms with Crippen molar-refractivity contribution in [1.29, 1.82) is 0 Å². The Kier molecular flexibility index (Phi) is 6.29. The van der Waals surface area contributed by atoms with E-state index in [9.17, 15) is 9.59 Å². The van der Waals surface area contributed by atoms with Crippen LogP contribution in [0.3, 0.4) is 0 Å². The summed E-state index contributed by atoms with van der Waals surface area (Å²) in [5.41, 5.74) is 2.20. The standard InChI is InChI=1S/C21H27N5O2S/c27-19(23-16-8-4-5-9-16)25-20-24-17-11-13-26(14-18(17)29-20)21(28)22-12-10-15-6-2-1-3-7-15/h1-3,6-7,16H,4-5,8-14H2,(H,22,28)(H2,23,24,25,27). The zero-order chi connectivity index (χ0) is 20.1. The quantitative estimate of drug-likeness (QED) is 0.701. The molecule has 0 spiro atoms. The summed E-state index contributed by atoms with van der Waals surface area (Å²) in [6, 6.07) is 10.2. The fourth-order valence-electron chi connectivity index (χ4n) is 3.88. The lowest BCUT2D eigenvalue weighted by Crippen LogP contribution is -2.43. The molecule has 4 rings (SSSR count). The first-order chi connectivity index (χ1) is 14.2. The third-order valence-corrected chi connectivity index (χ3v) is 6.46. The summed E-state index contributed by atoms with van der Waals surface area (Å²) in [4.78, 5) is 32.1. The van der Waals surface area contributed by atoms with Gasteiger partial charge in [0.25, 0.3) is 0 Å². The molecular formula is C21H27N5O2S. The van der Waals surface area contributed by atoms with Crippen LogP contribution in [0.5, 0.6) is 0 Å². The molecule has 1 fully saturated rings. The van der Waals surface area contributed by atoms with Gasteiger partial charge in [-0.2, -0.15) is 0 Å². The number of hydrogen-bond acceptors (Lipinski definition) is 4. The summed E-state index contributed by atoms with van der Waals surface area (Å²) in [6.07, 6.45) is 5.99. The van der Waals surface area contributed by atoms with E-state index in [1.807, 2.05) is 23.1 Å². The number of urea groups is 2. The van der Waals surface area contributed by atoms with Crippen LogP contribution in [-0.2, 0) is 19.4 Å². The predicted molar refractivity (Wildman–Crippen MR) is 114 cm³/mol. The number of anilines is 1. The molecule has 1 aromatic heterocycles. The number of aromatic nitrogens is 1. The van der Waals surface area contributed by atoms with Crippen molar-refractivity contribution in [3.8, 4) is 0 Å². The minimum atomic E-state index is -0.182. The Balaban J connectivity index is 1.25. The maximum Gasteiger partial charge on any atom is 0.321 e. The van der Waals surface area contributed by atoms with Gasteiger partial charge in [0.1, 0.15) is 0 Å². The van der Waals surface area contributed by atoms with Gasteiger partial charge in [0.05, 0.1) is 12.2 Å². The molecule has 1 aliphatic carbocycles. The highest BCUT2D eigenvalue weighted by molar-refractivity contribution is 7.15. The lowest BCUT2D eigenvalue weighted by molar-refractivity contribution is 0.193. The van der Waals surface area contributed by atoms with Crippen LogP contribution in [0, 0.1) is 0 Å². The number of thiazole rings is 1. The molecule has 4 amide bonds. The predicted octanol–water partition coefficient (Wildman–Crippen LogP) is 3.52. The molecule has 0 radical (unpaired) electrons. The van der Waals surface area contributed by atoms with Crippen LogP contribution >= 0.6 is 11.3 Å². The highest BCUT2D eigenvalue weighted by Crippen LogP contribution is 2.28. The van der Waals surface area contributed by atoms with Gasteiger partial charge in [-0.15, -0.1) is 0 Å². The second-order valence-corrected chi connectivity index (χ2v) is 8.69. The highest BCUT2D eigenvalue weighted by Gasteiger charge is 2.25. The average Bonchev–Trinajstić information content (AvgIpc) is 3.37. The Morgan fingerprint density at radius 1 is 1.17 bits per heavy atom. The summed E-state index contributed by atoms with van der Waals surface area (Å²) in [6.45, 7) is 1.79. The van der Waals surface area contributed by atoms with Gasteiger partial charge in [0, 0.05) is 30.4 Å². The first-order valence-corrected chi connectivity index (χ1v) is 11.1. The minimum absolute atomic E-state index is 0.0477. The number of carbonyl (C=O) groups is 2. The monoisotopic (exact) mass is 413 g/mol. The van der Waals surface area contributed by atoms with E-state index in [1.54, 1.807) is 0 Å². The minimum Gasteiger partial charge on any atom is -0.338 e. The van der Waals surface area contributed by atoms with Crippen molar-refractivity contribution >= 4 is 28.5 Å². The first-order valence-electron chi connectivity index (χ1n) is 10.3. The Morgan fingerprint density at radius 3 is 2.76 bits per heavy atom. The van der Waals surface area contributed by atoms with Crippen LogP contribution in [0.2, 0.25) is 0 Å². The van der Waals surface area contributed by atoms with Gasteiger partial charge < -0.3 is 15.5 Å². The fraction of sp³-hybridized carbons (Fsp3) is 0.476. The molecule has 1 aromatic carbocycles. The second kappa shape index (κ2) is 9.26. The van der Waals surface area contributed by atoms with Crippen molar-refractivity contribution in [2.75, 3.05) is 18.4 Å². The number of amides is 4. The van der Waals surface area contributed by atoms with Crippen LogP contribution in [0.15, 0.2) is 30.3 Å². The van der Waals surface area contributed by atoms with E-state index in [-0.39, 0.29) is 18.1 Å². The van der Waals surface area contributed by atoms with E-state index < -0.39 is 0 Å². The average molecular weight is 414 g/mol. The van der Waals surface area contributed by atoms with Gasteiger partial charge in [-0.25, -0.2) is 14.6 Å². The van der Waals surface area contributed by atoms with E-state index in [4.69, 9.17) is 0 Å². The maximum absolute atomic E-state index is 12.5. The van der Waals surface area contributed by atoms with Crippen LogP contribution in [0.1, 0.15) is 41.8 Å². The van der Waals surface area contributed by atoms with Crippen molar-refractivity contribution < 1.29 is 9.59 Å². The smallest absolute Gasteiger partial charge is 0.321 e. The second-order valence-electron chi connectivity index (χ2n) is 7.61. The lowest BCUT2D eigenvalue weighted by Gasteiger charge is -2.26. The molecule has 0 saturated heterocycles. The zero-order valence-corrected chi connectivity index (χ0v) is 17.3. The molecule has 7 nitrogen and oxygen atoms in total. The Morgan fingerprint density at radius 2 is 1.97 bits per heavy atom. The molecule has 0 unspecified atom stereocenters. The summed E-state index contributed by atoms with van der Waals surface area (Å²) in [5.74, 6) is 0. The van der Waals surface area contributed by atoms with E-state index >= 15 is 0 Å². The largest absolute Gasteiger partial charge is 0.338 e. The van der Waals surface area contributed by atoms with Crippen LogP contribution in [0.4, 0.5) is 14.7 Å². The van der Waals surface area contributed by atoms with Gasteiger partial charge >= 0.3 is 12.1 Å². The highest BCUT2D eigenvalue weighted by atomic mass is 32.1. The molecule has 1 aliphatic heterocycles. The molecule has 0 bridgehead atoms. The number of rotatable bonds is 5. The van der Waals surface area contributed by atoms with Gasteiger partial charge in [0.2, 0.25) is 0 Å². The molecule has 29 heavy (non-hydrogen) atoms. The fourth-order valence-corrected chi connectivity index (χ4v) is 4.90. The molecule has 1 saturated carbocycles. The van der Waals surface area contributed by atoms with Gasteiger partial charge in [-0.05, 0) is 24.8 Å².